The summed E-state index contributed by atoms with van der Waals surface area (Å²) in [5.74, 6) is -4.94. The normalized spacial score (nSPS) is 19.5. The van der Waals surface area contributed by atoms with Crippen LogP contribution in [0.15, 0.2) is 60.0 Å². The van der Waals surface area contributed by atoms with Gasteiger partial charge in [-0.15, -0.1) is 0 Å². The maximum atomic E-state index is 15.5. The van der Waals surface area contributed by atoms with Gasteiger partial charge in [0.1, 0.15) is 25.1 Å². The van der Waals surface area contributed by atoms with E-state index in [9.17, 15) is 19.2 Å². The number of esters is 1. The summed E-state index contributed by atoms with van der Waals surface area (Å²) in [6.07, 6.45) is -6.15. The minimum Gasteiger partial charge on any atom is -0.463 e. The van der Waals surface area contributed by atoms with E-state index in [2.05, 4.69) is 26.4 Å². The van der Waals surface area contributed by atoms with E-state index in [0.29, 0.717) is 11.0 Å². The number of anilines is 1. The van der Waals surface area contributed by atoms with E-state index in [0.717, 1.165) is 17.8 Å². The van der Waals surface area contributed by atoms with Crippen molar-refractivity contribution in [2.45, 2.75) is 44.1 Å². The van der Waals surface area contributed by atoms with Gasteiger partial charge in [0.2, 0.25) is 12.3 Å². The number of hydrogen-bond acceptors (Lipinski definition) is 10. The van der Waals surface area contributed by atoms with Crippen LogP contribution < -0.4 is 11.0 Å². The molecule has 210 valence electrons. The molecule has 0 bridgehead atoms. The fraction of sp³-hybridized carbons (Fsp3) is 0.400. The van der Waals surface area contributed by atoms with Crippen LogP contribution in [0.1, 0.15) is 25.1 Å². The second kappa shape index (κ2) is 13.5. The summed E-state index contributed by atoms with van der Waals surface area (Å²) < 4.78 is 56.0. The molecule has 1 fully saturated rings. The number of carbonyl (C=O) groups is 3. The first-order valence-electron chi connectivity index (χ1n) is 11.9. The number of alkyl halides is 2. The van der Waals surface area contributed by atoms with Gasteiger partial charge in [0.15, 0.2) is 0 Å². The average molecular weight is 551 g/mol. The summed E-state index contributed by atoms with van der Waals surface area (Å²) in [7, 11) is 0. The van der Waals surface area contributed by atoms with Crippen molar-refractivity contribution in [2.75, 3.05) is 25.1 Å². The molecule has 1 aromatic heterocycles. The van der Waals surface area contributed by atoms with Crippen molar-refractivity contribution in [1.29, 1.82) is 0 Å². The third kappa shape index (κ3) is 7.83. The number of benzene rings is 1. The lowest BCUT2D eigenvalue weighted by Gasteiger charge is -2.23. The van der Waals surface area contributed by atoms with E-state index < -0.39 is 54.9 Å². The first-order chi connectivity index (χ1) is 18.6. The molecule has 0 saturated carbocycles. The number of ether oxygens (including phenoxy) is 5. The number of amides is 1. The minimum atomic E-state index is -3.99. The fourth-order valence-electron chi connectivity index (χ4n) is 3.58. The Morgan fingerprint density at radius 2 is 1.92 bits per heavy atom. The van der Waals surface area contributed by atoms with Crippen molar-refractivity contribution in [1.82, 2.24) is 9.55 Å². The first kappa shape index (κ1) is 29.2. The van der Waals surface area contributed by atoms with Crippen LogP contribution in [0.5, 0.6) is 0 Å². The molecule has 12 nitrogen and oxygen atoms in total. The number of aromatic nitrogens is 2. The lowest BCUT2D eigenvalue weighted by Crippen LogP contribution is -2.45. The van der Waals surface area contributed by atoms with Crippen molar-refractivity contribution < 1.29 is 46.8 Å². The van der Waals surface area contributed by atoms with Gasteiger partial charge in [-0.1, -0.05) is 43.0 Å². The molecule has 3 rings (SSSR count). The van der Waals surface area contributed by atoms with E-state index in [4.69, 9.17) is 14.2 Å². The molecule has 14 heteroatoms. The van der Waals surface area contributed by atoms with Gasteiger partial charge in [0, 0.05) is 12.6 Å². The Morgan fingerprint density at radius 1 is 1.18 bits per heavy atom. The molecule has 0 unspecified atom stereocenters. The van der Waals surface area contributed by atoms with Crippen molar-refractivity contribution in [3.05, 3.63) is 71.3 Å². The van der Waals surface area contributed by atoms with Crippen molar-refractivity contribution in [3.8, 4) is 0 Å². The molecule has 0 radical (unpaired) electrons. The van der Waals surface area contributed by atoms with Crippen LogP contribution in [0.25, 0.3) is 0 Å². The first-order valence-corrected chi connectivity index (χ1v) is 11.9. The van der Waals surface area contributed by atoms with Gasteiger partial charge < -0.3 is 23.7 Å². The topological polar surface area (TPSA) is 144 Å². The molecule has 1 N–H and O–H groups in total. The molecule has 3 atom stereocenters. The number of rotatable bonds is 11. The molecule has 1 saturated heterocycles. The predicted octanol–water partition coefficient (Wildman–Crippen LogP) is 3.23. The highest BCUT2D eigenvalue weighted by molar-refractivity contribution is 5.83. The zero-order valence-electron chi connectivity index (χ0n) is 20.9. The largest absolute Gasteiger partial charge is 0.509 e. The summed E-state index contributed by atoms with van der Waals surface area (Å²) in [6.45, 7) is 3.96. The molecule has 1 aliphatic rings. The van der Waals surface area contributed by atoms with Crippen LogP contribution >= 0.6 is 0 Å². The third-order valence-electron chi connectivity index (χ3n) is 5.35. The average Bonchev–Trinajstić information content (AvgIpc) is 3.15. The Morgan fingerprint density at radius 3 is 2.59 bits per heavy atom. The Bertz CT molecular complexity index is 1220. The van der Waals surface area contributed by atoms with Gasteiger partial charge in [0.05, 0.1) is 6.61 Å². The van der Waals surface area contributed by atoms with Crippen molar-refractivity contribution >= 4 is 24.0 Å². The zero-order chi connectivity index (χ0) is 28.4. The van der Waals surface area contributed by atoms with Crippen LogP contribution in [-0.2, 0) is 34.9 Å². The Hall–Kier alpha value is -4.33. The Balaban J connectivity index is 1.75. The molecular formula is C25H27F2N3O9. The smallest absolute Gasteiger partial charge is 0.463 e. The molecule has 0 spiro atoms. The highest BCUT2D eigenvalue weighted by Crippen LogP contribution is 2.44. The summed E-state index contributed by atoms with van der Waals surface area (Å²) in [5, 5.41) is 2.18. The van der Waals surface area contributed by atoms with E-state index in [-0.39, 0.29) is 25.5 Å². The highest BCUT2D eigenvalue weighted by atomic mass is 19.3. The van der Waals surface area contributed by atoms with Gasteiger partial charge >= 0.3 is 29.8 Å². The summed E-state index contributed by atoms with van der Waals surface area (Å²) in [4.78, 5) is 51.9. The quantitative estimate of drug-likeness (QED) is 0.251. The predicted molar refractivity (Wildman–Crippen MR) is 130 cm³/mol. The van der Waals surface area contributed by atoms with E-state index in [1.807, 2.05) is 18.2 Å². The van der Waals surface area contributed by atoms with Gasteiger partial charge in [-0.05, 0) is 25.0 Å². The standard InChI is InChI=1S/C25H27F2N3O9/c1-3-14-36-24(34)39-20-17(15-37-19(31)11-10-16-8-6-5-7-9-16)38-21(25(20,26)27)30-13-12-18(28-22(30)32)29-23(33)35-4-2/h3,5-9,12-13,17,20-21H,1,4,10-11,14-15H2,2H3,(H,28,29,32,33)/t17-,20-,21-/m1/s1. The number of carbonyl (C=O) groups excluding carboxylic acids is 3. The van der Waals surface area contributed by atoms with Crippen LogP contribution in [0.3, 0.4) is 0 Å². The molecule has 2 aromatic rings. The molecule has 0 aliphatic carbocycles. The summed E-state index contributed by atoms with van der Waals surface area (Å²) in [5.41, 5.74) is -0.334. The molecule has 1 amide bonds. The third-order valence-corrected chi connectivity index (χ3v) is 5.35. The molecule has 2 heterocycles. The summed E-state index contributed by atoms with van der Waals surface area (Å²) >= 11 is 0. The van der Waals surface area contributed by atoms with Gasteiger partial charge in [0.25, 0.3) is 0 Å². The number of aryl methyl sites for hydroxylation is 1. The maximum Gasteiger partial charge on any atom is 0.509 e. The lowest BCUT2D eigenvalue weighted by molar-refractivity contribution is -0.150. The van der Waals surface area contributed by atoms with Gasteiger partial charge in [-0.3, -0.25) is 14.7 Å². The van der Waals surface area contributed by atoms with Crippen LogP contribution in [0.4, 0.5) is 24.2 Å². The molecular weight excluding hydrogens is 524 g/mol. The minimum absolute atomic E-state index is 0.0399. The molecule has 1 aliphatic heterocycles. The van der Waals surface area contributed by atoms with Crippen molar-refractivity contribution in [3.63, 3.8) is 0 Å². The van der Waals surface area contributed by atoms with Crippen molar-refractivity contribution in [2.24, 2.45) is 0 Å². The summed E-state index contributed by atoms with van der Waals surface area (Å²) in [6, 6.07) is 10.1. The second-order valence-corrected chi connectivity index (χ2v) is 8.11. The van der Waals surface area contributed by atoms with E-state index in [1.54, 1.807) is 19.1 Å². The van der Waals surface area contributed by atoms with Gasteiger partial charge in [-0.25, -0.2) is 14.4 Å². The van der Waals surface area contributed by atoms with Crippen LogP contribution in [0.2, 0.25) is 0 Å². The number of halogens is 2. The highest BCUT2D eigenvalue weighted by Gasteiger charge is 2.63. The molecule has 1 aromatic carbocycles. The zero-order valence-corrected chi connectivity index (χ0v) is 20.9. The lowest BCUT2D eigenvalue weighted by atomic mass is 10.1. The number of nitrogens with one attached hydrogen (secondary N) is 1. The fourth-order valence-corrected chi connectivity index (χ4v) is 3.58. The van der Waals surface area contributed by atoms with Gasteiger partial charge in [-0.2, -0.15) is 13.8 Å². The second-order valence-electron chi connectivity index (χ2n) is 8.11. The molecule has 39 heavy (non-hydrogen) atoms. The Kier molecular flexibility index (Phi) is 10.1. The number of nitrogens with zero attached hydrogens (tertiary/aromatic N) is 2. The maximum absolute atomic E-state index is 15.5. The van der Waals surface area contributed by atoms with E-state index in [1.165, 1.54) is 6.08 Å². The van der Waals surface area contributed by atoms with Crippen LogP contribution in [0, 0.1) is 0 Å². The monoisotopic (exact) mass is 551 g/mol. The number of hydrogen-bond donors (Lipinski definition) is 1. The van der Waals surface area contributed by atoms with Crippen LogP contribution in [-0.4, -0.2) is 65.7 Å². The van der Waals surface area contributed by atoms with E-state index >= 15 is 8.78 Å². The Labute approximate surface area is 221 Å². The SMILES string of the molecule is C=CCOC(=O)O[C@@H]1[C@@H](COC(=O)CCc2ccccc2)O[C@@H](n2ccc(NC(=O)OCC)nc2=O)C1(F)F.